The molecule has 30 heavy (non-hydrogen) atoms. The van der Waals surface area contributed by atoms with Crippen molar-refractivity contribution < 1.29 is 31.5 Å². The van der Waals surface area contributed by atoms with Gasteiger partial charge < -0.3 is 10.0 Å². The predicted molar refractivity (Wildman–Crippen MR) is 106 cm³/mol. The number of nitrogens with zero attached hydrogens (tertiary/aromatic N) is 3. The number of alkyl halides is 3. The van der Waals surface area contributed by atoms with Crippen LogP contribution in [0, 0.1) is 0 Å². The second-order valence-corrected chi connectivity index (χ2v) is 9.51. The normalized spacial score (nSPS) is 15.9. The van der Waals surface area contributed by atoms with Crippen LogP contribution < -0.4 is 4.90 Å². The van der Waals surface area contributed by atoms with Gasteiger partial charge in [0.25, 0.3) is 0 Å². The van der Waals surface area contributed by atoms with E-state index in [1.807, 2.05) is 0 Å². The minimum Gasteiger partial charge on any atom is -0.481 e. The highest BCUT2D eigenvalue weighted by atomic mass is 79.9. The second-order valence-electron chi connectivity index (χ2n) is 6.66. The first-order valence-corrected chi connectivity index (χ1v) is 11.0. The summed E-state index contributed by atoms with van der Waals surface area (Å²) in [4.78, 5) is 16.5. The van der Waals surface area contributed by atoms with Crippen molar-refractivity contribution in [3.63, 3.8) is 0 Å². The molecule has 1 aromatic carbocycles. The molecule has 3 rings (SSSR count). The first kappa shape index (κ1) is 22.5. The number of carbonyl (C=O) groups is 1. The number of carboxylic acids is 1. The van der Waals surface area contributed by atoms with Crippen LogP contribution in [0.3, 0.4) is 0 Å². The molecule has 2 heterocycles. The number of carboxylic acid groups (broad SMARTS) is 1. The lowest BCUT2D eigenvalue weighted by Crippen LogP contribution is -2.48. The summed E-state index contributed by atoms with van der Waals surface area (Å²) in [5.74, 6) is -0.736. The van der Waals surface area contributed by atoms with Gasteiger partial charge in [0.05, 0.1) is 16.9 Å². The molecule has 1 aliphatic rings. The lowest BCUT2D eigenvalue weighted by atomic mass is 10.2. The number of aromatic nitrogens is 1. The van der Waals surface area contributed by atoms with Crippen LogP contribution in [0.2, 0.25) is 0 Å². The van der Waals surface area contributed by atoms with Crippen LogP contribution in [-0.2, 0) is 27.4 Å². The van der Waals surface area contributed by atoms with Crippen LogP contribution >= 0.6 is 15.9 Å². The number of sulfonamides is 1. The van der Waals surface area contributed by atoms with E-state index in [1.54, 1.807) is 11.0 Å². The van der Waals surface area contributed by atoms with Crippen LogP contribution in [0.25, 0.3) is 0 Å². The van der Waals surface area contributed by atoms with E-state index >= 15 is 0 Å². The highest BCUT2D eigenvalue weighted by molar-refractivity contribution is 9.10. The van der Waals surface area contributed by atoms with Crippen molar-refractivity contribution in [3.05, 3.63) is 52.1 Å². The summed E-state index contributed by atoms with van der Waals surface area (Å²) < 4.78 is 65.7. The molecule has 1 aromatic heterocycles. The van der Waals surface area contributed by atoms with Gasteiger partial charge in [-0.15, -0.1) is 0 Å². The summed E-state index contributed by atoms with van der Waals surface area (Å²) in [6, 6.07) is 6.49. The monoisotopic (exact) mass is 507 g/mol. The van der Waals surface area contributed by atoms with Gasteiger partial charge in [-0.05, 0) is 35.9 Å². The molecular formula is C18H17BrF3N3O4S. The zero-order valence-corrected chi connectivity index (χ0v) is 17.8. The highest BCUT2D eigenvalue weighted by Gasteiger charge is 2.32. The van der Waals surface area contributed by atoms with Crippen LogP contribution in [0.1, 0.15) is 11.1 Å². The van der Waals surface area contributed by atoms with Crippen LogP contribution in [0.15, 0.2) is 45.9 Å². The summed E-state index contributed by atoms with van der Waals surface area (Å²) in [5, 5.41) is 8.95. The third-order valence-corrected chi connectivity index (χ3v) is 6.90. The molecule has 1 aliphatic heterocycles. The van der Waals surface area contributed by atoms with Gasteiger partial charge in [-0.1, -0.05) is 15.9 Å². The van der Waals surface area contributed by atoms with Gasteiger partial charge in [0.1, 0.15) is 5.82 Å². The molecule has 1 saturated heterocycles. The summed E-state index contributed by atoms with van der Waals surface area (Å²) in [6.45, 7) is 0.749. The fourth-order valence-electron chi connectivity index (χ4n) is 3.09. The number of benzene rings is 1. The van der Waals surface area contributed by atoms with Crippen molar-refractivity contribution in [3.8, 4) is 0 Å². The fraction of sp³-hybridized carbons (Fsp3) is 0.333. The second kappa shape index (κ2) is 8.52. The molecule has 0 amide bonds. The van der Waals surface area contributed by atoms with E-state index in [0.29, 0.717) is 15.9 Å². The largest absolute Gasteiger partial charge is 0.481 e. The molecule has 0 saturated carbocycles. The van der Waals surface area contributed by atoms with Crippen molar-refractivity contribution >= 4 is 37.7 Å². The Bertz CT molecular complexity index is 1040. The molecule has 1 N–H and O–H groups in total. The molecule has 0 unspecified atom stereocenters. The Morgan fingerprint density at radius 1 is 1.13 bits per heavy atom. The minimum atomic E-state index is -4.47. The Balaban J connectivity index is 1.72. The zero-order valence-electron chi connectivity index (χ0n) is 15.4. The van der Waals surface area contributed by atoms with Crippen LogP contribution in [0.4, 0.5) is 19.0 Å². The lowest BCUT2D eigenvalue weighted by molar-refractivity contribution is -0.138. The van der Waals surface area contributed by atoms with Gasteiger partial charge in [0.15, 0.2) is 0 Å². The number of pyridine rings is 1. The average molecular weight is 508 g/mol. The van der Waals surface area contributed by atoms with Crippen molar-refractivity contribution in [2.75, 3.05) is 31.1 Å². The standard InChI is InChI=1S/C18H17BrF3N3O4S/c19-14-7-12(9-17(26)27)8-15(10-14)30(28,29)25-5-3-24(4-6-25)16-2-1-13(11-23-16)18(20,21)22/h1-2,7-8,10-11H,3-6,9H2,(H,26,27). The van der Waals surface area contributed by atoms with E-state index in [4.69, 9.17) is 5.11 Å². The molecule has 0 radical (unpaired) electrons. The molecule has 1 fully saturated rings. The smallest absolute Gasteiger partial charge is 0.417 e. The summed E-state index contributed by atoms with van der Waals surface area (Å²) in [5.41, 5.74) is -0.498. The van der Waals surface area contributed by atoms with Crippen LogP contribution in [-0.4, -0.2) is 55.0 Å². The molecular weight excluding hydrogens is 491 g/mol. The van der Waals surface area contributed by atoms with Crippen molar-refractivity contribution in [2.45, 2.75) is 17.5 Å². The highest BCUT2D eigenvalue weighted by Crippen LogP contribution is 2.30. The molecule has 0 spiro atoms. The van der Waals surface area contributed by atoms with E-state index in [-0.39, 0.29) is 37.5 Å². The molecule has 0 bridgehead atoms. The number of halogens is 4. The Kier molecular flexibility index (Phi) is 6.39. The number of aliphatic carboxylic acids is 1. The average Bonchev–Trinajstić information content (AvgIpc) is 2.66. The van der Waals surface area contributed by atoms with E-state index in [9.17, 15) is 26.4 Å². The van der Waals surface area contributed by atoms with Crippen molar-refractivity contribution in [2.24, 2.45) is 0 Å². The minimum absolute atomic E-state index is 0.0192. The number of hydrogen-bond acceptors (Lipinski definition) is 5. The number of rotatable bonds is 5. The quantitative estimate of drug-likeness (QED) is 0.668. The third-order valence-electron chi connectivity index (χ3n) is 4.56. The molecule has 7 nitrogen and oxygen atoms in total. The predicted octanol–water partition coefficient (Wildman–Crippen LogP) is 3.00. The SMILES string of the molecule is O=C(O)Cc1cc(Br)cc(S(=O)(=O)N2CCN(c3ccc(C(F)(F)F)cn3)CC2)c1. The first-order chi connectivity index (χ1) is 14.0. The van der Waals surface area contributed by atoms with Crippen molar-refractivity contribution in [1.82, 2.24) is 9.29 Å². The van der Waals surface area contributed by atoms with Crippen LogP contribution in [0.5, 0.6) is 0 Å². The summed E-state index contributed by atoms with van der Waals surface area (Å²) in [6.07, 6.45) is -4.03. The van der Waals surface area contributed by atoms with E-state index in [2.05, 4.69) is 20.9 Å². The Morgan fingerprint density at radius 2 is 1.80 bits per heavy atom. The van der Waals surface area contributed by atoms with Gasteiger partial charge >= 0.3 is 12.1 Å². The topological polar surface area (TPSA) is 90.8 Å². The van der Waals surface area contributed by atoms with Gasteiger partial charge in [-0.25, -0.2) is 13.4 Å². The number of anilines is 1. The van der Waals surface area contributed by atoms with E-state index in [0.717, 1.165) is 12.3 Å². The molecule has 162 valence electrons. The fourth-order valence-corrected chi connectivity index (χ4v) is 5.30. The summed E-state index contributed by atoms with van der Waals surface area (Å²) in [7, 11) is -3.86. The van der Waals surface area contributed by atoms with E-state index in [1.165, 1.54) is 22.5 Å². The number of piperazine rings is 1. The molecule has 12 heteroatoms. The van der Waals surface area contributed by atoms with E-state index < -0.39 is 27.7 Å². The Labute approximate surface area is 179 Å². The van der Waals surface area contributed by atoms with Crippen molar-refractivity contribution in [1.29, 1.82) is 0 Å². The Morgan fingerprint density at radius 3 is 2.33 bits per heavy atom. The molecule has 2 aromatic rings. The number of hydrogen-bond donors (Lipinski definition) is 1. The molecule has 0 aliphatic carbocycles. The summed E-state index contributed by atoms with van der Waals surface area (Å²) >= 11 is 3.21. The third kappa shape index (κ3) is 5.10. The van der Waals surface area contributed by atoms with Gasteiger partial charge in [0, 0.05) is 36.8 Å². The first-order valence-electron chi connectivity index (χ1n) is 8.76. The molecule has 0 atom stereocenters. The van der Waals surface area contributed by atoms with Gasteiger partial charge in [-0.3, -0.25) is 4.79 Å². The zero-order chi connectivity index (χ0) is 22.1. The van der Waals surface area contributed by atoms with Gasteiger partial charge in [-0.2, -0.15) is 17.5 Å². The maximum atomic E-state index is 13.0. The lowest BCUT2D eigenvalue weighted by Gasteiger charge is -2.34. The maximum absolute atomic E-state index is 13.0. The Hall–Kier alpha value is -2.18. The van der Waals surface area contributed by atoms with Gasteiger partial charge in [0.2, 0.25) is 10.0 Å². The maximum Gasteiger partial charge on any atom is 0.417 e.